The highest BCUT2D eigenvalue weighted by Gasteiger charge is 2.36. The van der Waals surface area contributed by atoms with Crippen molar-refractivity contribution in [2.24, 2.45) is 17.0 Å². The lowest BCUT2D eigenvalue weighted by Crippen LogP contribution is -2.29. The Balaban J connectivity index is 1.50. The van der Waals surface area contributed by atoms with Gasteiger partial charge in [-0.3, -0.25) is 4.79 Å². The third-order valence-corrected chi connectivity index (χ3v) is 6.05. The minimum absolute atomic E-state index is 0.0315. The Bertz CT molecular complexity index is 808. The minimum atomic E-state index is -0.250. The molecule has 2 aliphatic rings. The van der Waals surface area contributed by atoms with Crippen molar-refractivity contribution in [2.75, 3.05) is 7.11 Å². The molecule has 4 rings (SSSR count). The average Bonchev–Trinajstić information content (AvgIpc) is 3.27. The summed E-state index contributed by atoms with van der Waals surface area (Å²) in [6, 6.07) is 8.15. The number of nitroso groups, excluding NO2 is 1. The molecule has 1 aromatic heterocycles. The number of rotatable bonds is 5. The fourth-order valence-electron chi connectivity index (χ4n) is 4.63. The predicted molar refractivity (Wildman–Crippen MR) is 97.5 cm³/mol. The van der Waals surface area contributed by atoms with Crippen LogP contribution in [-0.2, 0) is 9.53 Å². The highest BCUT2D eigenvalue weighted by molar-refractivity contribution is 5.72. The lowest BCUT2D eigenvalue weighted by Gasteiger charge is -2.31. The van der Waals surface area contributed by atoms with Gasteiger partial charge in [-0.2, -0.15) is 4.91 Å². The molecule has 1 saturated carbocycles. The van der Waals surface area contributed by atoms with Crippen molar-refractivity contribution in [2.45, 2.75) is 44.2 Å². The maximum atomic E-state index is 11.7. The summed E-state index contributed by atoms with van der Waals surface area (Å²) in [6.45, 7) is 0. The van der Waals surface area contributed by atoms with Gasteiger partial charge in [0.2, 0.25) is 0 Å². The molecule has 2 aromatic rings. The van der Waals surface area contributed by atoms with Crippen molar-refractivity contribution < 1.29 is 9.53 Å². The molecule has 1 fully saturated rings. The van der Waals surface area contributed by atoms with E-state index in [4.69, 9.17) is 4.74 Å². The Labute approximate surface area is 152 Å². The third kappa shape index (κ3) is 2.83. The van der Waals surface area contributed by atoms with Gasteiger partial charge in [0.25, 0.3) is 0 Å². The van der Waals surface area contributed by atoms with Gasteiger partial charge in [-0.25, -0.2) is 4.98 Å². The van der Waals surface area contributed by atoms with E-state index >= 15 is 0 Å². The van der Waals surface area contributed by atoms with Crippen LogP contribution in [0.15, 0.2) is 42.0 Å². The number of methoxy groups -OCH3 is 1. The van der Waals surface area contributed by atoms with Gasteiger partial charge in [-0.1, -0.05) is 29.4 Å². The number of aromatic nitrogens is 2. The molecule has 0 N–H and O–H groups in total. The Kier molecular flexibility index (Phi) is 4.57. The van der Waals surface area contributed by atoms with Crippen LogP contribution in [0, 0.1) is 16.7 Å². The van der Waals surface area contributed by atoms with E-state index in [1.54, 1.807) is 0 Å². The fraction of sp³-hybridized carbons (Fsp3) is 0.500. The van der Waals surface area contributed by atoms with E-state index in [1.807, 2.05) is 24.7 Å². The standard InChI is InChI=1S/C20H23N3O3/c1-26-20(24)14-8-6-13(7-9-14)17(22-25)10-18-15-4-2-3-5-16(15)19-11-21-12-23(18)19/h2-5,11-14,17-18H,6-10H2,1H3. The van der Waals surface area contributed by atoms with Crippen LogP contribution in [0.1, 0.15) is 43.7 Å². The van der Waals surface area contributed by atoms with Gasteiger partial charge in [-0.15, -0.1) is 0 Å². The van der Waals surface area contributed by atoms with Gasteiger partial charge in [0.1, 0.15) is 0 Å². The monoisotopic (exact) mass is 353 g/mol. The summed E-state index contributed by atoms with van der Waals surface area (Å²) in [4.78, 5) is 27.7. The van der Waals surface area contributed by atoms with Crippen LogP contribution in [0.5, 0.6) is 0 Å². The largest absolute Gasteiger partial charge is 0.469 e. The van der Waals surface area contributed by atoms with E-state index in [2.05, 4.69) is 26.9 Å². The van der Waals surface area contributed by atoms with Crippen LogP contribution in [0.4, 0.5) is 0 Å². The Morgan fingerprint density at radius 3 is 2.81 bits per heavy atom. The smallest absolute Gasteiger partial charge is 0.308 e. The number of fused-ring (bicyclic) bond motifs is 3. The summed E-state index contributed by atoms with van der Waals surface area (Å²) in [5, 5.41) is 3.50. The van der Waals surface area contributed by atoms with E-state index in [9.17, 15) is 9.70 Å². The van der Waals surface area contributed by atoms with Crippen molar-refractivity contribution in [1.29, 1.82) is 0 Å². The van der Waals surface area contributed by atoms with Crippen molar-refractivity contribution in [3.05, 3.63) is 47.3 Å². The Morgan fingerprint density at radius 1 is 1.31 bits per heavy atom. The molecule has 2 heterocycles. The Morgan fingerprint density at radius 2 is 2.08 bits per heavy atom. The molecule has 0 amide bonds. The van der Waals surface area contributed by atoms with Gasteiger partial charge in [0.05, 0.1) is 43.3 Å². The van der Waals surface area contributed by atoms with Crippen molar-refractivity contribution in [1.82, 2.24) is 9.55 Å². The van der Waals surface area contributed by atoms with E-state index in [0.29, 0.717) is 6.42 Å². The molecule has 0 bridgehead atoms. The number of ether oxygens (including phenoxy) is 1. The molecule has 0 radical (unpaired) electrons. The number of hydrogen-bond donors (Lipinski definition) is 0. The average molecular weight is 353 g/mol. The van der Waals surface area contributed by atoms with Crippen LogP contribution >= 0.6 is 0 Å². The molecule has 1 aliphatic heterocycles. The number of hydrogen-bond acceptors (Lipinski definition) is 5. The van der Waals surface area contributed by atoms with E-state index < -0.39 is 0 Å². The van der Waals surface area contributed by atoms with Gasteiger partial charge in [0, 0.05) is 5.56 Å². The third-order valence-electron chi connectivity index (χ3n) is 6.05. The molecule has 6 nitrogen and oxygen atoms in total. The Hall–Kier alpha value is -2.50. The molecular weight excluding hydrogens is 330 g/mol. The first-order valence-corrected chi connectivity index (χ1v) is 9.24. The number of imidazole rings is 1. The highest BCUT2D eigenvalue weighted by atomic mass is 16.5. The fourth-order valence-corrected chi connectivity index (χ4v) is 4.63. The van der Waals surface area contributed by atoms with Crippen LogP contribution in [-0.4, -0.2) is 28.7 Å². The second-order valence-corrected chi connectivity index (χ2v) is 7.33. The first kappa shape index (κ1) is 16.9. The first-order chi connectivity index (χ1) is 12.7. The summed E-state index contributed by atoms with van der Waals surface area (Å²) in [5.41, 5.74) is 3.53. The van der Waals surface area contributed by atoms with Gasteiger partial charge in [-0.05, 0) is 43.6 Å². The topological polar surface area (TPSA) is 73.5 Å². The first-order valence-electron chi connectivity index (χ1n) is 9.24. The maximum absolute atomic E-state index is 11.7. The molecule has 26 heavy (non-hydrogen) atoms. The van der Waals surface area contributed by atoms with Crippen LogP contribution in [0.3, 0.4) is 0 Å². The molecule has 6 heteroatoms. The molecule has 0 saturated heterocycles. The molecule has 2 unspecified atom stereocenters. The highest BCUT2D eigenvalue weighted by Crippen LogP contribution is 2.43. The van der Waals surface area contributed by atoms with Crippen molar-refractivity contribution in [3.8, 4) is 11.3 Å². The summed E-state index contributed by atoms with van der Waals surface area (Å²) < 4.78 is 7.01. The lowest BCUT2D eigenvalue weighted by molar-refractivity contribution is -0.146. The van der Waals surface area contributed by atoms with Crippen molar-refractivity contribution >= 4 is 5.97 Å². The number of esters is 1. The van der Waals surface area contributed by atoms with E-state index in [-0.39, 0.29) is 29.9 Å². The number of carbonyl (C=O) groups is 1. The second kappa shape index (κ2) is 7.02. The number of nitrogens with zero attached hydrogens (tertiary/aromatic N) is 3. The summed E-state index contributed by atoms with van der Waals surface area (Å²) in [7, 11) is 1.43. The summed E-state index contributed by atoms with van der Waals surface area (Å²) >= 11 is 0. The molecule has 1 aromatic carbocycles. The number of carbonyl (C=O) groups excluding carboxylic acids is 1. The van der Waals surface area contributed by atoms with E-state index in [0.717, 1.165) is 31.4 Å². The van der Waals surface area contributed by atoms with Crippen LogP contribution in [0.25, 0.3) is 11.3 Å². The molecule has 0 spiro atoms. The lowest BCUT2D eigenvalue weighted by atomic mass is 9.77. The van der Waals surface area contributed by atoms with Crippen LogP contribution in [0.2, 0.25) is 0 Å². The molecule has 1 aliphatic carbocycles. The number of benzene rings is 1. The maximum Gasteiger partial charge on any atom is 0.308 e. The zero-order valence-electron chi connectivity index (χ0n) is 14.9. The zero-order chi connectivity index (χ0) is 18.1. The molecule has 136 valence electrons. The SMILES string of the molecule is COC(=O)C1CCC(C(CC2c3ccccc3-c3cncn32)N=O)CC1. The summed E-state index contributed by atoms with van der Waals surface area (Å²) in [6.07, 6.45) is 7.65. The van der Waals surface area contributed by atoms with Gasteiger partial charge in [0.15, 0.2) is 0 Å². The minimum Gasteiger partial charge on any atom is -0.469 e. The predicted octanol–water partition coefficient (Wildman–Crippen LogP) is 3.96. The zero-order valence-corrected chi connectivity index (χ0v) is 14.9. The molecular formula is C20H23N3O3. The van der Waals surface area contributed by atoms with Gasteiger partial charge >= 0.3 is 5.97 Å². The van der Waals surface area contributed by atoms with E-state index in [1.165, 1.54) is 18.2 Å². The normalized spacial score (nSPS) is 25.2. The van der Waals surface area contributed by atoms with Crippen LogP contribution < -0.4 is 0 Å². The summed E-state index contributed by atoms with van der Waals surface area (Å²) in [5.74, 6) is 0.0657. The van der Waals surface area contributed by atoms with Gasteiger partial charge < -0.3 is 9.30 Å². The quantitative estimate of drug-likeness (QED) is 0.602. The van der Waals surface area contributed by atoms with Crippen molar-refractivity contribution in [3.63, 3.8) is 0 Å². The molecule has 2 atom stereocenters. The second-order valence-electron chi connectivity index (χ2n) is 7.33.